The molecule has 1 aliphatic rings. The molecule has 0 atom stereocenters. The summed E-state index contributed by atoms with van der Waals surface area (Å²) in [7, 11) is -1.40. The van der Waals surface area contributed by atoms with Crippen LogP contribution in [0.25, 0.3) is 0 Å². The van der Waals surface area contributed by atoms with Crippen LogP contribution in [-0.2, 0) is 9.84 Å². The van der Waals surface area contributed by atoms with Crippen LogP contribution in [0.2, 0.25) is 0 Å². The van der Waals surface area contributed by atoms with Crippen LogP contribution in [0.5, 0.6) is 0 Å². The number of carbonyl (C=O) groups excluding carboxylic acids is 1. The lowest BCUT2D eigenvalue weighted by Gasteiger charge is -2.32. The van der Waals surface area contributed by atoms with E-state index in [-0.39, 0.29) is 10.8 Å². The molecule has 1 amide bonds. The molecule has 2 rings (SSSR count). The maximum atomic E-state index is 12.6. The molecule has 0 saturated carbocycles. The minimum atomic E-state index is -3.32. The third kappa shape index (κ3) is 3.84. The van der Waals surface area contributed by atoms with Gasteiger partial charge in [-0.15, -0.1) is 0 Å². The van der Waals surface area contributed by atoms with Crippen LogP contribution in [0.4, 0.5) is 0 Å². The average Bonchev–Trinajstić information content (AvgIpc) is 2.46. The average molecular weight is 375 g/mol. The number of piperidine rings is 1. The molecule has 0 radical (unpaired) electrons. The van der Waals surface area contributed by atoms with Crippen molar-refractivity contribution in [1.82, 2.24) is 10.2 Å². The molecule has 1 aromatic rings. The van der Waals surface area contributed by atoms with Crippen molar-refractivity contribution in [1.29, 1.82) is 0 Å². The third-order valence-electron chi connectivity index (χ3n) is 3.79. The second-order valence-electron chi connectivity index (χ2n) is 5.27. The van der Waals surface area contributed by atoms with E-state index in [1.54, 1.807) is 11.0 Å². The second-order valence-corrected chi connectivity index (χ2v) is 8.14. The smallest absolute Gasteiger partial charge is 0.255 e. The van der Waals surface area contributed by atoms with Gasteiger partial charge in [0.15, 0.2) is 9.84 Å². The van der Waals surface area contributed by atoms with Crippen LogP contribution in [0.1, 0.15) is 23.2 Å². The molecular formula is C14H19BrN2O3S. The highest BCUT2D eigenvalue weighted by atomic mass is 79.9. The Morgan fingerprint density at radius 2 is 1.95 bits per heavy atom. The molecule has 0 aliphatic carbocycles. The van der Waals surface area contributed by atoms with Gasteiger partial charge in [0, 0.05) is 29.9 Å². The van der Waals surface area contributed by atoms with E-state index in [9.17, 15) is 13.2 Å². The van der Waals surface area contributed by atoms with E-state index in [0.717, 1.165) is 19.1 Å². The highest BCUT2D eigenvalue weighted by Crippen LogP contribution is 2.24. The summed E-state index contributed by atoms with van der Waals surface area (Å²) in [6.45, 7) is 1.36. The molecule has 1 saturated heterocycles. The summed E-state index contributed by atoms with van der Waals surface area (Å²) in [5.41, 5.74) is 0.404. The molecule has 116 valence electrons. The van der Waals surface area contributed by atoms with Gasteiger partial charge in [-0.25, -0.2) is 8.42 Å². The molecule has 1 N–H and O–H groups in total. The van der Waals surface area contributed by atoms with Gasteiger partial charge in [0.25, 0.3) is 5.91 Å². The third-order valence-corrected chi connectivity index (χ3v) is 5.59. The first-order valence-corrected chi connectivity index (χ1v) is 9.47. The SMILES string of the molecule is CNC1CCN(C(=O)c2cc(S(C)(=O)=O)ccc2Br)CC1. The molecule has 7 heteroatoms. The zero-order chi connectivity index (χ0) is 15.6. The van der Waals surface area contributed by atoms with Gasteiger partial charge in [0.05, 0.1) is 10.5 Å². The highest BCUT2D eigenvalue weighted by molar-refractivity contribution is 9.10. The summed E-state index contributed by atoms with van der Waals surface area (Å²) >= 11 is 3.34. The summed E-state index contributed by atoms with van der Waals surface area (Å²) in [5, 5.41) is 3.22. The van der Waals surface area contributed by atoms with Crippen molar-refractivity contribution in [3.63, 3.8) is 0 Å². The number of amides is 1. The Kier molecular flexibility index (Phi) is 5.06. The summed E-state index contributed by atoms with van der Waals surface area (Å²) in [4.78, 5) is 14.5. The number of sulfone groups is 1. The molecule has 0 bridgehead atoms. The van der Waals surface area contributed by atoms with Gasteiger partial charge >= 0.3 is 0 Å². The van der Waals surface area contributed by atoms with Crippen LogP contribution in [-0.4, -0.2) is 51.7 Å². The topological polar surface area (TPSA) is 66.5 Å². The quantitative estimate of drug-likeness (QED) is 0.873. The largest absolute Gasteiger partial charge is 0.338 e. The van der Waals surface area contributed by atoms with Crippen molar-refractivity contribution in [2.75, 3.05) is 26.4 Å². The second kappa shape index (κ2) is 6.46. The van der Waals surface area contributed by atoms with Crippen molar-refractivity contribution in [3.8, 4) is 0 Å². The first-order valence-electron chi connectivity index (χ1n) is 6.79. The number of likely N-dealkylation sites (tertiary alicyclic amines) is 1. The summed E-state index contributed by atoms with van der Waals surface area (Å²) in [6, 6.07) is 5.01. The normalized spacial score (nSPS) is 17.0. The van der Waals surface area contributed by atoms with Crippen LogP contribution in [0.15, 0.2) is 27.6 Å². The van der Waals surface area contributed by atoms with Crippen LogP contribution in [0.3, 0.4) is 0 Å². The number of carbonyl (C=O) groups is 1. The Morgan fingerprint density at radius 3 is 2.48 bits per heavy atom. The predicted molar refractivity (Wildman–Crippen MR) is 85.2 cm³/mol. The Hall–Kier alpha value is -0.920. The molecule has 5 nitrogen and oxygen atoms in total. The number of benzene rings is 1. The van der Waals surface area contributed by atoms with Crippen LogP contribution < -0.4 is 5.32 Å². The van der Waals surface area contributed by atoms with E-state index in [0.29, 0.717) is 29.2 Å². The molecule has 1 aromatic carbocycles. The minimum Gasteiger partial charge on any atom is -0.338 e. The summed E-state index contributed by atoms with van der Waals surface area (Å²) < 4.78 is 23.9. The number of hydrogen-bond donors (Lipinski definition) is 1. The summed E-state index contributed by atoms with van der Waals surface area (Å²) in [6.07, 6.45) is 2.96. The van der Waals surface area contributed by atoms with E-state index in [1.807, 2.05) is 7.05 Å². The molecule has 0 unspecified atom stereocenters. The number of rotatable bonds is 3. The maximum Gasteiger partial charge on any atom is 0.255 e. The van der Waals surface area contributed by atoms with E-state index in [2.05, 4.69) is 21.2 Å². The van der Waals surface area contributed by atoms with Crippen molar-refractivity contribution in [2.45, 2.75) is 23.8 Å². The molecule has 1 aliphatic heterocycles. The molecule has 1 fully saturated rings. The van der Waals surface area contributed by atoms with E-state index in [4.69, 9.17) is 0 Å². The first-order chi connectivity index (χ1) is 9.82. The van der Waals surface area contributed by atoms with Gasteiger partial charge in [-0.3, -0.25) is 4.79 Å². The van der Waals surface area contributed by atoms with E-state index in [1.165, 1.54) is 12.1 Å². The lowest BCUT2D eigenvalue weighted by Crippen LogP contribution is -2.44. The number of hydrogen-bond acceptors (Lipinski definition) is 4. The lowest BCUT2D eigenvalue weighted by atomic mass is 10.0. The standard InChI is InChI=1S/C14H19BrN2O3S/c1-16-10-5-7-17(8-6-10)14(18)12-9-11(21(2,19)20)3-4-13(12)15/h3-4,9-10,16H,5-8H2,1-2H3. The zero-order valence-electron chi connectivity index (χ0n) is 12.1. The highest BCUT2D eigenvalue weighted by Gasteiger charge is 2.24. The monoisotopic (exact) mass is 374 g/mol. The molecular weight excluding hydrogens is 356 g/mol. The van der Waals surface area contributed by atoms with E-state index < -0.39 is 9.84 Å². The first kappa shape index (κ1) is 16.5. The van der Waals surface area contributed by atoms with E-state index >= 15 is 0 Å². The number of nitrogens with zero attached hydrogens (tertiary/aromatic N) is 1. The lowest BCUT2D eigenvalue weighted by molar-refractivity contribution is 0.0706. The van der Waals surface area contributed by atoms with Gasteiger partial charge in [-0.05, 0) is 54.0 Å². The molecule has 0 spiro atoms. The van der Waals surface area contributed by atoms with Gasteiger partial charge in [0.2, 0.25) is 0 Å². The number of halogens is 1. The fraction of sp³-hybridized carbons (Fsp3) is 0.500. The Balaban J connectivity index is 2.23. The molecule has 1 heterocycles. The molecule has 0 aromatic heterocycles. The van der Waals surface area contributed by atoms with Gasteiger partial charge < -0.3 is 10.2 Å². The Labute approximate surface area is 133 Å². The Bertz CT molecular complexity index is 638. The maximum absolute atomic E-state index is 12.6. The summed E-state index contributed by atoms with van der Waals surface area (Å²) in [5.74, 6) is -0.123. The van der Waals surface area contributed by atoms with Crippen molar-refractivity contribution in [3.05, 3.63) is 28.2 Å². The predicted octanol–water partition coefficient (Wildman–Crippen LogP) is 1.68. The zero-order valence-corrected chi connectivity index (χ0v) is 14.5. The van der Waals surface area contributed by atoms with Crippen molar-refractivity contribution in [2.24, 2.45) is 0 Å². The van der Waals surface area contributed by atoms with Gasteiger partial charge in [0.1, 0.15) is 0 Å². The molecule has 21 heavy (non-hydrogen) atoms. The van der Waals surface area contributed by atoms with Gasteiger partial charge in [-0.2, -0.15) is 0 Å². The fourth-order valence-corrected chi connectivity index (χ4v) is 3.50. The Morgan fingerprint density at radius 1 is 1.33 bits per heavy atom. The minimum absolute atomic E-state index is 0.123. The fourth-order valence-electron chi connectivity index (χ4n) is 2.44. The van der Waals surface area contributed by atoms with Crippen LogP contribution >= 0.6 is 15.9 Å². The van der Waals surface area contributed by atoms with Crippen LogP contribution in [0, 0.1) is 0 Å². The van der Waals surface area contributed by atoms with Gasteiger partial charge in [-0.1, -0.05) is 0 Å². The number of nitrogens with one attached hydrogen (secondary N) is 1. The van der Waals surface area contributed by atoms with Crippen molar-refractivity contribution < 1.29 is 13.2 Å². The van der Waals surface area contributed by atoms with Crippen molar-refractivity contribution >= 4 is 31.7 Å².